The summed E-state index contributed by atoms with van der Waals surface area (Å²) in [6.07, 6.45) is -2.71. The highest BCUT2D eigenvalue weighted by Crippen LogP contribution is 2.38. The second kappa shape index (κ2) is 6.88. The van der Waals surface area contributed by atoms with Gasteiger partial charge in [0.15, 0.2) is 11.5 Å². The monoisotopic (exact) mass is 344 g/mol. The van der Waals surface area contributed by atoms with Crippen LogP contribution in [-0.4, -0.2) is 49.8 Å². The van der Waals surface area contributed by atoms with Crippen molar-refractivity contribution in [3.63, 3.8) is 0 Å². The van der Waals surface area contributed by atoms with Crippen molar-refractivity contribution in [1.82, 2.24) is 10.2 Å². The molecule has 132 valence electrons. The van der Waals surface area contributed by atoms with Crippen molar-refractivity contribution in [2.45, 2.75) is 25.1 Å². The molecule has 1 aromatic carbocycles. The molecule has 0 aromatic heterocycles. The van der Waals surface area contributed by atoms with Gasteiger partial charge in [0.2, 0.25) is 5.91 Å². The van der Waals surface area contributed by atoms with Crippen LogP contribution in [0, 0.1) is 0 Å². The highest BCUT2D eigenvalue weighted by molar-refractivity contribution is 5.79. The normalized spacial score (nSPS) is 20.3. The van der Waals surface area contributed by atoms with Crippen LogP contribution in [0.25, 0.3) is 0 Å². The summed E-state index contributed by atoms with van der Waals surface area (Å²) in [7, 11) is 0. The molecule has 1 saturated heterocycles. The first-order valence-corrected chi connectivity index (χ1v) is 7.90. The van der Waals surface area contributed by atoms with Crippen molar-refractivity contribution in [3.05, 3.63) is 23.8 Å². The fraction of sp³-hybridized carbons (Fsp3) is 0.562. The summed E-state index contributed by atoms with van der Waals surface area (Å²) in [6.45, 7) is 0.0455. The number of nitrogens with zero attached hydrogens (tertiary/aromatic N) is 1. The number of benzene rings is 1. The zero-order valence-corrected chi connectivity index (χ0v) is 13.1. The van der Waals surface area contributed by atoms with Crippen molar-refractivity contribution in [1.29, 1.82) is 0 Å². The molecule has 2 aliphatic heterocycles. The van der Waals surface area contributed by atoms with E-state index in [4.69, 9.17) is 9.47 Å². The summed E-state index contributed by atoms with van der Waals surface area (Å²) in [6, 6.07) is 5.41. The Kier molecular flexibility index (Phi) is 4.84. The predicted molar refractivity (Wildman–Crippen MR) is 80.0 cm³/mol. The van der Waals surface area contributed by atoms with Gasteiger partial charge in [-0.1, -0.05) is 6.07 Å². The van der Waals surface area contributed by atoms with Gasteiger partial charge in [0.1, 0.15) is 13.2 Å². The molecule has 0 radical (unpaired) electrons. The molecular formula is C16H19F3N2O3. The van der Waals surface area contributed by atoms with Crippen LogP contribution in [0.3, 0.4) is 0 Å². The Bertz CT molecular complexity index is 607. The number of carbonyl (C=O) groups excluding carboxylic acids is 1. The lowest BCUT2D eigenvalue weighted by Gasteiger charge is -2.27. The minimum Gasteiger partial charge on any atom is -0.486 e. The highest BCUT2D eigenvalue weighted by atomic mass is 19.4. The quantitative estimate of drug-likeness (QED) is 0.910. The maximum absolute atomic E-state index is 12.2. The van der Waals surface area contributed by atoms with Crippen LogP contribution < -0.4 is 14.8 Å². The number of alkyl halides is 3. The van der Waals surface area contributed by atoms with Gasteiger partial charge in [0, 0.05) is 6.54 Å². The van der Waals surface area contributed by atoms with Crippen molar-refractivity contribution < 1.29 is 27.4 Å². The minimum atomic E-state index is -4.32. The van der Waals surface area contributed by atoms with Crippen LogP contribution >= 0.6 is 0 Å². The second-order valence-corrected chi connectivity index (χ2v) is 5.87. The van der Waals surface area contributed by atoms with Gasteiger partial charge >= 0.3 is 6.18 Å². The van der Waals surface area contributed by atoms with E-state index in [1.54, 1.807) is 4.90 Å². The third kappa shape index (κ3) is 3.92. The lowest BCUT2D eigenvalue weighted by atomic mass is 10.0. The first-order chi connectivity index (χ1) is 11.4. The van der Waals surface area contributed by atoms with Gasteiger partial charge in [0.25, 0.3) is 0 Å². The molecule has 1 amide bonds. The van der Waals surface area contributed by atoms with Crippen LogP contribution in [0.4, 0.5) is 13.2 Å². The van der Waals surface area contributed by atoms with E-state index in [0.717, 1.165) is 18.4 Å². The third-order valence-corrected chi connectivity index (χ3v) is 4.13. The second-order valence-electron chi connectivity index (χ2n) is 5.87. The van der Waals surface area contributed by atoms with Crippen molar-refractivity contribution in [2.75, 3.05) is 32.8 Å². The zero-order valence-electron chi connectivity index (χ0n) is 13.1. The first-order valence-electron chi connectivity index (χ1n) is 7.90. The van der Waals surface area contributed by atoms with Gasteiger partial charge in [-0.2, -0.15) is 13.2 Å². The summed E-state index contributed by atoms with van der Waals surface area (Å²) >= 11 is 0. The first kappa shape index (κ1) is 16.9. The Labute approximate surface area is 137 Å². The standard InChI is InChI=1S/C16H19F3N2O3/c17-16(18,19)10-20-9-15(22)21-5-1-2-12(21)11-3-4-13-14(8-11)24-7-6-23-13/h3-4,8,12,20H,1-2,5-7,9-10H2/t12-/m1/s1. The zero-order chi connectivity index (χ0) is 17.2. The minimum absolute atomic E-state index is 0.138. The van der Waals surface area contributed by atoms with E-state index in [1.165, 1.54) is 0 Å². The van der Waals surface area contributed by atoms with Gasteiger partial charge in [-0.3, -0.25) is 4.79 Å². The van der Waals surface area contributed by atoms with E-state index >= 15 is 0 Å². The van der Waals surface area contributed by atoms with Crippen LogP contribution in [-0.2, 0) is 4.79 Å². The number of hydrogen-bond donors (Lipinski definition) is 1. The maximum atomic E-state index is 12.2. The molecule has 0 aliphatic carbocycles. The Morgan fingerprint density at radius 1 is 1.25 bits per heavy atom. The van der Waals surface area contributed by atoms with Gasteiger partial charge in [0.05, 0.1) is 19.1 Å². The van der Waals surface area contributed by atoms with Crippen molar-refractivity contribution >= 4 is 5.91 Å². The molecule has 24 heavy (non-hydrogen) atoms. The fourth-order valence-corrected chi connectivity index (χ4v) is 3.09. The molecule has 2 aliphatic rings. The number of carbonyl (C=O) groups is 1. The fourth-order valence-electron chi connectivity index (χ4n) is 3.09. The third-order valence-electron chi connectivity index (χ3n) is 4.13. The van der Waals surface area contributed by atoms with E-state index in [-0.39, 0.29) is 18.5 Å². The average Bonchev–Trinajstić information content (AvgIpc) is 3.03. The number of ether oxygens (including phenoxy) is 2. The Balaban J connectivity index is 1.65. The number of fused-ring (bicyclic) bond motifs is 1. The molecule has 1 atom stereocenters. The Morgan fingerprint density at radius 3 is 2.75 bits per heavy atom. The van der Waals surface area contributed by atoms with E-state index in [0.29, 0.717) is 31.3 Å². The molecule has 0 spiro atoms. The lowest BCUT2D eigenvalue weighted by molar-refractivity contribution is -0.134. The number of rotatable bonds is 4. The molecule has 0 bridgehead atoms. The molecule has 3 rings (SSSR count). The molecule has 8 heteroatoms. The van der Waals surface area contributed by atoms with Crippen LogP contribution in [0.2, 0.25) is 0 Å². The summed E-state index contributed by atoms with van der Waals surface area (Å²) in [5.41, 5.74) is 0.918. The Morgan fingerprint density at radius 2 is 2.00 bits per heavy atom. The smallest absolute Gasteiger partial charge is 0.401 e. The lowest BCUT2D eigenvalue weighted by Crippen LogP contribution is -2.40. The average molecular weight is 344 g/mol. The number of amides is 1. The van der Waals surface area contributed by atoms with E-state index < -0.39 is 12.7 Å². The van der Waals surface area contributed by atoms with Crippen LogP contribution in [0.5, 0.6) is 11.5 Å². The van der Waals surface area contributed by atoms with Crippen molar-refractivity contribution in [3.8, 4) is 11.5 Å². The topological polar surface area (TPSA) is 50.8 Å². The molecule has 0 saturated carbocycles. The SMILES string of the molecule is O=C(CNCC(F)(F)F)N1CCC[C@@H]1c1ccc2c(c1)OCCO2. The predicted octanol–water partition coefficient (Wildman–Crippen LogP) is 2.27. The summed E-state index contributed by atoms with van der Waals surface area (Å²) in [5, 5.41) is 2.16. The summed E-state index contributed by atoms with van der Waals surface area (Å²) in [4.78, 5) is 13.9. The van der Waals surface area contributed by atoms with Gasteiger partial charge in [-0.25, -0.2) is 0 Å². The summed E-state index contributed by atoms with van der Waals surface area (Å²) in [5.74, 6) is 0.998. The van der Waals surface area contributed by atoms with Crippen LogP contribution in [0.15, 0.2) is 18.2 Å². The van der Waals surface area contributed by atoms with Gasteiger partial charge < -0.3 is 19.7 Å². The molecule has 1 fully saturated rings. The molecule has 5 nitrogen and oxygen atoms in total. The Hall–Kier alpha value is -1.96. The molecular weight excluding hydrogens is 325 g/mol. The molecule has 0 unspecified atom stereocenters. The summed E-state index contributed by atoms with van der Waals surface area (Å²) < 4.78 is 47.6. The van der Waals surface area contributed by atoms with Gasteiger partial charge in [-0.15, -0.1) is 0 Å². The number of nitrogens with one attached hydrogen (secondary N) is 1. The highest BCUT2D eigenvalue weighted by Gasteiger charge is 2.32. The number of hydrogen-bond acceptors (Lipinski definition) is 4. The maximum Gasteiger partial charge on any atom is 0.401 e. The van der Waals surface area contributed by atoms with E-state index in [1.807, 2.05) is 18.2 Å². The van der Waals surface area contributed by atoms with Crippen LogP contribution in [0.1, 0.15) is 24.4 Å². The number of halogens is 3. The van der Waals surface area contributed by atoms with Gasteiger partial charge in [-0.05, 0) is 30.5 Å². The molecule has 1 aromatic rings. The van der Waals surface area contributed by atoms with E-state index in [9.17, 15) is 18.0 Å². The van der Waals surface area contributed by atoms with Crippen molar-refractivity contribution in [2.24, 2.45) is 0 Å². The number of likely N-dealkylation sites (tertiary alicyclic amines) is 1. The van der Waals surface area contributed by atoms with E-state index in [2.05, 4.69) is 5.32 Å². The molecule has 1 N–H and O–H groups in total. The molecule has 2 heterocycles. The largest absolute Gasteiger partial charge is 0.486 e.